The van der Waals surface area contributed by atoms with E-state index < -0.39 is 0 Å². The number of halogens is 2. The summed E-state index contributed by atoms with van der Waals surface area (Å²) < 4.78 is 15.3. The number of nitrogens with two attached hydrogens (primary N) is 1. The number of hydrogen-bond acceptors (Lipinski definition) is 2. The number of hydrogen-bond donors (Lipinski definition) is 1. The highest BCUT2D eigenvalue weighted by molar-refractivity contribution is 9.10. The maximum Gasteiger partial charge on any atom is 0.159 e. The van der Waals surface area contributed by atoms with E-state index in [0.29, 0.717) is 12.4 Å². The van der Waals surface area contributed by atoms with Crippen molar-refractivity contribution in [2.45, 2.75) is 6.54 Å². The van der Waals surface area contributed by atoms with Crippen LogP contribution in [-0.2, 0) is 6.54 Å². The van der Waals surface area contributed by atoms with Crippen LogP contribution in [0.1, 0.15) is 5.56 Å². The van der Waals surface area contributed by atoms with E-state index in [2.05, 4.69) is 21.0 Å². The lowest BCUT2D eigenvalue weighted by Gasteiger charge is -2.01. The fourth-order valence-corrected chi connectivity index (χ4v) is 1.63. The Bertz CT molecular complexity index is 462. The molecular weight excluding hydrogens is 261 g/mol. The first-order chi connectivity index (χ1) is 7.15. The average molecular weight is 270 g/mol. The standard InChI is InChI=1S/C10H9BrFN3/c11-9-6-15(14-10(9)13)5-7-2-1-3-8(12)4-7/h1-4,6H,5H2,(H2,13,14). The molecular formula is C10H9BrFN3. The Morgan fingerprint density at radius 3 is 2.87 bits per heavy atom. The third-order valence-electron chi connectivity index (χ3n) is 1.98. The van der Waals surface area contributed by atoms with Gasteiger partial charge < -0.3 is 5.73 Å². The maximum absolute atomic E-state index is 12.9. The van der Waals surface area contributed by atoms with Gasteiger partial charge >= 0.3 is 0 Å². The van der Waals surface area contributed by atoms with Crippen LogP contribution >= 0.6 is 15.9 Å². The lowest BCUT2D eigenvalue weighted by Crippen LogP contribution is -2.01. The van der Waals surface area contributed by atoms with Crippen molar-refractivity contribution in [2.24, 2.45) is 0 Å². The minimum absolute atomic E-state index is 0.244. The molecule has 0 unspecified atom stereocenters. The minimum Gasteiger partial charge on any atom is -0.381 e. The molecule has 3 nitrogen and oxygen atoms in total. The highest BCUT2D eigenvalue weighted by Gasteiger charge is 2.03. The summed E-state index contributed by atoms with van der Waals surface area (Å²) in [5.41, 5.74) is 6.42. The summed E-state index contributed by atoms with van der Waals surface area (Å²) >= 11 is 3.26. The molecule has 0 spiro atoms. The predicted molar refractivity (Wildman–Crippen MR) is 59.8 cm³/mol. The number of nitrogen functional groups attached to an aromatic ring is 1. The molecule has 0 fully saturated rings. The van der Waals surface area contributed by atoms with Crippen LogP contribution in [0.3, 0.4) is 0 Å². The van der Waals surface area contributed by atoms with Crippen LogP contribution in [-0.4, -0.2) is 9.78 Å². The van der Waals surface area contributed by atoms with Crippen molar-refractivity contribution in [3.63, 3.8) is 0 Å². The van der Waals surface area contributed by atoms with Gasteiger partial charge in [-0.1, -0.05) is 12.1 Å². The first-order valence-corrected chi connectivity index (χ1v) is 5.17. The second-order valence-electron chi connectivity index (χ2n) is 3.19. The van der Waals surface area contributed by atoms with E-state index >= 15 is 0 Å². The molecule has 0 bridgehead atoms. The van der Waals surface area contributed by atoms with E-state index in [0.717, 1.165) is 10.0 Å². The summed E-state index contributed by atoms with van der Waals surface area (Å²) in [6.45, 7) is 0.507. The van der Waals surface area contributed by atoms with Crippen molar-refractivity contribution in [3.05, 3.63) is 46.3 Å². The second-order valence-corrected chi connectivity index (χ2v) is 4.04. The Kier molecular flexibility index (Phi) is 2.73. The lowest BCUT2D eigenvalue weighted by atomic mass is 10.2. The highest BCUT2D eigenvalue weighted by Crippen LogP contribution is 2.17. The number of aromatic nitrogens is 2. The zero-order valence-corrected chi connectivity index (χ0v) is 9.41. The van der Waals surface area contributed by atoms with E-state index in [9.17, 15) is 4.39 Å². The summed E-state index contributed by atoms with van der Waals surface area (Å²) in [6.07, 6.45) is 1.76. The molecule has 0 aliphatic carbocycles. The van der Waals surface area contributed by atoms with E-state index in [4.69, 9.17) is 5.73 Å². The maximum atomic E-state index is 12.9. The van der Waals surface area contributed by atoms with Gasteiger partial charge in [0.25, 0.3) is 0 Å². The molecule has 2 N–H and O–H groups in total. The van der Waals surface area contributed by atoms with Crippen molar-refractivity contribution < 1.29 is 4.39 Å². The largest absolute Gasteiger partial charge is 0.381 e. The van der Waals surface area contributed by atoms with E-state index in [1.807, 2.05) is 6.07 Å². The molecule has 15 heavy (non-hydrogen) atoms. The number of nitrogens with zero attached hydrogens (tertiary/aromatic N) is 2. The molecule has 5 heteroatoms. The molecule has 78 valence electrons. The number of rotatable bonds is 2. The summed E-state index contributed by atoms with van der Waals surface area (Å²) in [5.74, 6) is 0.193. The molecule has 1 aromatic carbocycles. The normalized spacial score (nSPS) is 10.5. The average Bonchev–Trinajstić information content (AvgIpc) is 2.45. The molecule has 1 aromatic heterocycles. The van der Waals surface area contributed by atoms with Gasteiger partial charge in [-0.05, 0) is 33.6 Å². The molecule has 0 amide bonds. The highest BCUT2D eigenvalue weighted by atomic mass is 79.9. The SMILES string of the molecule is Nc1nn(Cc2cccc(F)c2)cc1Br. The fraction of sp³-hybridized carbons (Fsp3) is 0.100. The molecule has 2 aromatic rings. The third kappa shape index (κ3) is 2.36. The van der Waals surface area contributed by atoms with Crippen LogP contribution in [0.4, 0.5) is 10.2 Å². The predicted octanol–water partition coefficient (Wildman–Crippen LogP) is 2.42. The fourth-order valence-electron chi connectivity index (χ4n) is 1.32. The van der Waals surface area contributed by atoms with Crippen LogP contribution in [0.15, 0.2) is 34.9 Å². The van der Waals surface area contributed by atoms with E-state index in [1.54, 1.807) is 16.9 Å². The second kappa shape index (κ2) is 4.02. The van der Waals surface area contributed by atoms with Crippen molar-refractivity contribution in [1.82, 2.24) is 9.78 Å². The molecule has 0 saturated carbocycles. The van der Waals surface area contributed by atoms with Crippen molar-refractivity contribution in [1.29, 1.82) is 0 Å². The quantitative estimate of drug-likeness (QED) is 0.910. The molecule has 0 aliphatic rings. The summed E-state index contributed by atoms with van der Waals surface area (Å²) in [6, 6.07) is 6.41. The van der Waals surface area contributed by atoms with Gasteiger partial charge in [0.1, 0.15) is 5.82 Å². The van der Waals surface area contributed by atoms with Crippen molar-refractivity contribution >= 4 is 21.7 Å². The molecule has 0 saturated heterocycles. The zero-order chi connectivity index (χ0) is 10.8. The third-order valence-corrected chi connectivity index (χ3v) is 2.59. The first kappa shape index (κ1) is 10.2. The first-order valence-electron chi connectivity index (χ1n) is 4.38. The summed E-state index contributed by atoms with van der Waals surface area (Å²) in [7, 11) is 0. The summed E-state index contributed by atoms with van der Waals surface area (Å²) in [5, 5.41) is 4.06. The molecule has 0 radical (unpaired) electrons. The van der Waals surface area contributed by atoms with Gasteiger partial charge in [0, 0.05) is 6.20 Å². The van der Waals surface area contributed by atoms with Crippen molar-refractivity contribution in [3.8, 4) is 0 Å². The van der Waals surface area contributed by atoms with Gasteiger partial charge in [0.15, 0.2) is 5.82 Å². The molecule has 0 aliphatic heterocycles. The zero-order valence-electron chi connectivity index (χ0n) is 7.82. The summed E-state index contributed by atoms with van der Waals surface area (Å²) in [4.78, 5) is 0. The minimum atomic E-state index is -0.244. The van der Waals surface area contributed by atoms with E-state index in [1.165, 1.54) is 12.1 Å². The number of benzene rings is 1. The van der Waals surface area contributed by atoms with Crippen LogP contribution < -0.4 is 5.73 Å². The molecule has 2 rings (SSSR count). The molecule has 1 heterocycles. The van der Waals surface area contributed by atoms with Gasteiger partial charge in [-0.25, -0.2) is 4.39 Å². The van der Waals surface area contributed by atoms with Crippen LogP contribution in [0, 0.1) is 5.82 Å². The Hall–Kier alpha value is -1.36. The smallest absolute Gasteiger partial charge is 0.159 e. The lowest BCUT2D eigenvalue weighted by molar-refractivity contribution is 0.619. The van der Waals surface area contributed by atoms with Gasteiger partial charge in [-0.2, -0.15) is 5.10 Å². The Morgan fingerprint density at radius 1 is 1.47 bits per heavy atom. The van der Waals surface area contributed by atoms with E-state index in [-0.39, 0.29) is 5.82 Å². The van der Waals surface area contributed by atoms with Crippen LogP contribution in [0.5, 0.6) is 0 Å². The topological polar surface area (TPSA) is 43.8 Å². The Balaban J connectivity index is 2.22. The molecule has 0 atom stereocenters. The Morgan fingerprint density at radius 2 is 2.27 bits per heavy atom. The monoisotopic (exact) mass is 269 g/mol. The van der Waals surface area contributed by atoms with Crippen LogP contribution in [0.25, 0.3) is 0 Å². The van der Waals surface area contributed by atoms with Crippen molar-refractivity contribution in [2.75, 3.05) is 5.73 Å². The van der Waals surface area contributed by atoms with Gasteiger partial charge in [0.2, 0.25) is 0 Å². The Labute approximate surface area is 94.8 Å². The van der Waals surface area contributed by atoms with Crippen LogP contribution in [0.2, 0.25) is 0 Å². The van der Waals surface area contributed by atoms with Gasteiger partial charge in [-0.15, -0.1) is 0 Å². The van der Waals surface area contributed by atoms with Gasteiger partial charge in [-0.3, -0.25) is 4.68 Å². The van der Waals surface area contributed by atoms with Gasteiger partial charge in [0.05, 0.1) is 11.0 Å². The number of anilines is 1.